The Bertz CT molecular complexity index is 619. The average Bonchev–Trinajstić information content (AvgIpc) is 2.52. The monoisotopic (exact) mass is 280 g/mol. The fourth-order valence-electron chi connectivity index (χ4n) is 2.29. The van der Waals surface area contributed by atoms with Crippen LogP contribution in [0, 0.1) is 18.3 Å². The first-order valence-electron chi connectivity index (χ1n) is 7.11. The van der Waals surface area contributed by atoms with Crippen LogP contribution in [0.2, 0.25) is 0 Å². The number of ether oxygens (including phenoxy) is 1. The summed E-state index contributed by atoms with van der Waals surface area (Å²) in [5.41, 5.74) is 1.22. The van der Waals surface area contributed by atoms with Crippen molar-refractivity contribution in [2.45, 2.75) is 19.4 Å². The highest BCUT2D eigenvalue weighted by molar-refractivity contribution is 5.33. The van der Waals surface area contributed by atoms with E-state index in [1.165, 1.54) is 0 Å². The van der Waals surface area contributed by atoms with Crippen molar-refractivity contribution in [1.29, 1.82) is 5.26 Å². The Kier molecular flexibility index (Phi) is 4.97. The molecule has 1 atom stereocenters. The molecule has 2 aromatic carbocycles. The average molecular weight is 280 g/mol. The highest BCUT2D eigenvalue weighted by Gasteiger charge is 2.32. The van der Waals surface area contributed by atoms with Crippen molar-refractivity contribution in [1.82, 2.24) is 5.32 Å². The summed E-state index contributed by atoms with van der Waals surface area (Å²) in [4.78, 5) is 0. The molecule has 0 radical (unpaired) electrons. The van der Waals surface area contributed by atoms with Gasteiger partial charge < -0.3 is 4.74 Å². The Labute approximate surface area is 126 Å². The molecule has 1 unspecified atom stereocenters. The van der Waals surface area contributed by atoms with Crippen molar-refractivity contribution in [3.05, 3.63) is 65.7 Å². The zero-order valence-electron chi connectivity index (χ0n) is 12.5. The molecule has 0 fully saturated rings. The molecule has 0 aliphatic carbocycles. The normalized spacial score (nSPS) is 13.2. The molecule has 3 nitrogen and oxygen atoms in total. The SMILES string of the molecule is CCNC(C#N)(COc1cccc(C)c1)c1ccccc1. The molecule has 108 valence electrons. The first kappa shape index (κ1) is 15.1. The summed E-state index contributed by atoms with van der Waals surface area (Å²) in [6.07, 6.45) is 0. The molecule has 0 bridgehead atoms. The van der Waals surface area contributed by atoms with Gasteiger partial charge in [0.15, 0.2) is 5.54 Å². The number of rotatable bonds is 6. The molecule has 3 heteroatoms. The highest BCUT2D eigenvalue weighted by atomic mass is 16.5. The summed E-state index contributed by atoms with van der Waals surface area (Å²) < 4.78 is 5.87. The quantitative estimate of drug-likeness (QED) is 0.882. The summed E-state index contributed by atoms with van der Waals surface area (Å²) >= 11 is 0. The Morgan fingerprint density at radius 2 is 1.90 bits per heavy atom. The molecule has 0 amide bonds. The molecule has 0 aromatic heterocycles. The van der Waals surface area contributed by atoms with Crippen LogP contribution in [-0.2, 0) is 5.54 Å². The van der Waals surface area contributed by atoms with Gasteiger partial charge in [-0.05, 0) is 36.7 Å². The predicted molar refractivity (Wildman–Crippen MR) is 84.1 cm³/mol. The zero-order chi connectivity index (χ0) is 15.1. The number of hydrogen-bond donors (Lipinski definition) is 1. The number of nitrogens with zero attached hydrogens (tertiary/aromatic N) is 1. The summed E-state index contributed by atoms with van der Waals surface area (Å²) in [7, 11) is 0. The van der Waals surface area contributed by atoms with Gasteiger partial charge >= 0.3 is 0 Å². The van der Waals surface area contributed by atoms with Gasteiger partial charge in [0.25, 0.3) is 0 Å². The predicted octanol–water partition coefficient (Wildman–Crippen LogP) is 3.40. The molecule has 0 heterocycles. The van der Waals surface area contributed by atoms with E-state index < -0.39 is 5.54 Å². The standard InChI is InChI=1S/C18H20N2O/c1-3-20-18(13-19,16-9-5-4-6-10-16)14-21-17-11-7-8-15(2)12-17/h4-12,20H,3,14H2,1-2H3. The van der Waals surface area contributed by atoms with Crippen LogP contribution in [0.3, 0.4) is 0 Å². The van der Waals surface area contributed by atoms with Gasteiger partial charge in [0.2, 0.25) is 0 Å². The Hall–Kier alpha value is -2.31. The van der Waals surface area contributed by atoms with Crippen LogP contribution in [-0.4, -0.2) is 13.2 Å². The summed E-state index contributed by atoms with van der Waals surface area (Å²) in [5, 5.41) is 13.0. The van der Waals surface area contributed by atoms with Crippen molar-refractivity contribution < 1.29 is 4.74 Å². The first-order valence-corrected chi connectivity index (χ1v) is 7.11. The van der Waals surface area contributed by atoms with E-state index in [1.54, 1.807) is 0 Å². The highest BCUT2D eigenvalue weighted by Crippen LogP contribution is 2.23. The van der Waals surface area contributed by atoms with Crippen molar-refractivity contribution in [3.8, 4) is 11.8 Å². The first-order chi connectivity index (χ1) is 10.2. The smallest absolute Gasteiger partial charge is 0.166 e. The van der Waals surface area contributed by atoms with Gasteiger partial charge in [0, 0.05) is 0 Å². The molecule has 1 N–H and O–H groups in total. The molecule has 0 saturated heterocycles. The minimum atomic E-state index is -0.834. The third kappa shape index (κ3) is 3.62. The van der Waals surface area contributed by atoms with Crippen LogP contribution in [0.5, 0.6) is 5.75 Å². The lowest BCUT2D eigenvalue weighted by molar-refractivity contribution is 0.224. The molecule has 2 aromatic rings. The van der Waals surface area contributed by atoms with Gasteiger partial charge in [-0.15, -0.1) is 0 Å². The summed E-state index contributed by atoms with van der Waals surface area (Å²) in [6.45, 7) is 4.97. The van der Waals surface area contributed by atoms with E-state index in [4.69, 9.17) is 4.74 Å². The number of likely N-dealkylation sites (N-methyl/N-ethyl adjacent to an activating group) is 1. The van der Waals surface area contributed by atoms with Gasteiger partial charge in [-0.25, -0.2) is 0 Å². The number of nitrogens with one attached hydrogen (secondary N) is 1. The number of nitriles is 1. The lowest BCUT2D eigenvalue weighted by Crippen LogP contribution is -2.46. The third-order valence-electron chi connectivity index (χ3n) is 3.38. The van der Waals surface area contributed by atoms with Gasteiger partial charge in [0.05, 0.1) is 6.07 Å². The maximum absolute atomic E-state index is 9.70. The van der Waals surface area contributed by atoms with Gasteiger partial charge in [0.1, 0.15) is 12.4 Å². The van der Waals surface area contributed by atoms with Crippen molar-refractivity contribution in [2.24, 2.45) is 0 Å². The van der Waals surface area contributed by atoms with Gasteiger partial charge in [-0.3, -0.25) is 5.32 Å². The van der Waals surface area contributed by atoms with Crippen molar-refractivity contribution in [3.63, 3.8) is 0 Å². The molecule has 0 aliphatic rings. The van der Waals surface area contributed by atoms with Crippen LogP contribution in [0.4, 0.5) is 0 Å². The Balaban J connectivity index is 2.23. The largest absolute Gasteiger partial charge is 0.490 e. The van der Waals surface area contributed by atoms with E-state index in [0.717, 1.165) is 16.9 Å². The molecular formula is C18H20N2O. The van der Waals surface area contributed by atoms with E-state index in [-0.39, 0.29) is 6.61 Å². The second-order valence-corrected chi connectivity index (χ2v) is 5.02. The van der Waals surface area contributed by atoms with E-state index in [1.807, 2.05) is 68.4 Å². The van der Waals surface area contributed by atoms with Crippen LogP contribution >= 0.6 is 0 Å². The molecule has 2 rings (SSSR count). The zero-order valence-corrected chi connectivity index (χ0v) is 12.5. The van der Waals surface area contributed by atoms with Gasteiger partial charge in [-0.1, -0.05) is 49.4 Å². The van der Waals surface area contributed by atoms with Crippen LogP contribution in [0.25, 0.3) is 0 Å². The minimum Gasteiger partial charge on any atom is -0.490 e. The lowest BCUT2D eigenvalue weighted by Gasteiger charge is -2.28. The van der Waals surface area contributed by atoms with Crippen molar-refractivity contribution >= 4 is 0 Å². The topological polar surface area (TPSA) is 45.0 Å². The fraction of sp³-hybridized carbons (Fsp3) is 0.278. The molecule has 0 aliphatic heterocycles. The summed E-state index contributed by atoms with van der Waals surface area (Å²) in [5.74, 6) is 0.781. The second kappa shape index (κ2) is 6.92. The fourth-order valence-corrected chi connectivity index (χ4v) is 2.29. The lowest BCUT2D eigenvalue weighted by atomic mass is 9.92. The number of hydrogen-bond acceptors (Lipinski definition) is 3. The van der Waals surface area contributed by atoms with Crippen LogP contribution in [0.1, 0.15) is 18.1 Å². The van der Waals surface area contributed by atoms with E-state index >= 15 is 0 Å². The van der Waals surface area contributed by atoms with E-state index in [0.29, 0.717) is 6.54 Å². The van der Waals surface area contributed by atoms with E-state index in [9.17, 15) is 5.26 Å². The van der Waals surface area contributed by atoms with Gasteiger partial charge in [-0.2, -0.15) is 5.26 Å². The summed E-state index contributed by atoms with van der Waals surface area (Å²) in [6, 6.07) is 19.9. The van der Waals surface area contributed by atoms with E-state index in [2.05, 4.69) is 11.4 Å². The number of benzene rings is 2. The van der Waals surface area contributed by atoms with Crippen LogP contribution in [0.15, 0.2) is 54.6 Å². The molecule has 0 saturated carbocycles. The second-order valence-electron chi connectivity index (χ2n) is 5.02. The Morgan fingerprint density at radius 3 is 2.52 bits per heavy atom. The molecule has 0 spiro atoms. The molecular weight excluding hydrogens is 260 g/mol. The van der Waals surface area contributed by atoms with Crippen LogP contribution < -0.4 is 10.1 Å². The van der Waals surface area contributed by atoms with Crippen molar-refractivity contribution in [2.75, 3.05) is 13.2 Å². The third-order valence-corrected chi connectivity index (χ3v) is 3.38. The maximum atomic E-state index is 9.70. The molecule has 21 heavy (non-hydrogen) atoms. The Morgan fingerprint density at radius 1 is 1.14 bits per heavy atom. The maximum Gasteiger partial charge on any atom is 0.166 e. The number of aryl methyl sites for hydroxylation is 1. The minimum absolute atomic E-state index is 0.269.